The van der Waals surface area contributed by atoms with E-state index in [4.69, 9.17) is 21.4 Å². The normalized spacial score (nSPS) is 11.4. The molecule has 7 nitrogen and oxygen atoms in total. The molecule has 0 aliphatic rings. The van der Waals surface area contributed by atoms with Crippen LogP contribution in [0.1, 0.15) is 52.2 Å². The van der Waals surface area contributed by atoms with E-state index >= 15 is 0 Å². The van der Waals surface area contributed by atoms with E-state index in [9.17, 15) is 9.90 Å². The minimum atomic E-state index is -0.810. The molecule has 0 unspecified atom stereocenters. The van der Waals surface area contributed by atoms with Crippen molar-refractivity contribution in [1.29, 1.82) is 0 Å². The van der Waals surface area contributed by atoms with Crippen molar-refractivity contribution < 1.29 is 14.6 Å². The maximum atomic E-state index is 11.6. The number of fused-ring (bicyclic) bond motifs is 1. The summed E-state index contributed by atoms with van der Waals surface area (Å²) < 4.78 is 10.3. The Bertz CT molecular complexity index is 1730. The van der Waals surface area contributed by atoms with Crippen LogP contribution < -0.4 is 4.74 Å². The molecule has 0 aliphatic heterocycles. The zero-order valence-electron chi connectivity index (χ0n) is 24.9. The van der Waals surface area contributed by atoms with Crippen LogP contribution in [0, 0.1) is 34.6 Å². The number of benzene rings is 2. The Morgan fingerprint density at radius 3 is 2.40 bits per heavy atom. The number of nitrogens with zero attached hydrogens (tertiary/aromatic N) is 4. The third-order valence-corrected chi connectivity index (χ3v) is 8.60. The maximum absolute atomic E-state index is 11.6. The summed E-state index contributed by atoms with van der Waals surface area (Å²) in [6.45, 7) is 11.8. The van der Waals surface area contributed by atoms with Crippen molar-refractivity contribution in [3.63, 3.8) is 0 Å². The number of carboxylic acids is 1. The lowest BCUT2D eigenvalue weighted by atomic mass is 9.98. The molecule has 8 heteroatoms. The van der Waals surface area contributed by atoms with Crippen LogP contribution in [0.25, 0.3) is 22.0 Å². The van der Waals surface area contributed by atoms with Gasteiger partial charge in [-0.15, -0.1) is 0 Å². The Hall–Kier alpha value is -4.10. The molecule has 0 atom stereocenters. The number of pyridine rings is 1. The average Bonchev–Trinajstić information content (AvgIpc) is 3.39. The molecule has 3 aromatic heterocycles. The molecule has 42 heavy (non-hydrogen) atoms. The fourth-order valence-electron chi connectivity index (χ4n) is 5.94. The highest BCUT2D eigenvalue weighted by Gasteiger charge is 2.22. The summed E-state index contributed by atoms with van der Waals surface area (Å²) in [4.78, 5) is 15.8. The monoisotopic (exact) mass is 584 g/mol. The third kappa shape index (κ3) is 5.93. The van der Waals surface area contributed by atoms with Crippen molar-refractivity contribution >= 4 is 28.5 Å². The average molecular weight is 585 g/mol. The first-order chi connectivity index (χ1) is 20.2. The summed E-state index contributed by atoms with van der Waals surface area (Å²) in [5.74, 6) is 0.0155. The quantitative estimate of drug-likeness (QED) is 0.161. The van der Waals surface area contributed by atoms with Crippen LogP contribution in [0.2, 0.25) is 5.02 Å². The number of aliphatic carboxylic acids is 1. The van der Waals surface area contributed by atoms with Gasteiger partial charge in [-0.1, -0.05) is 29.8 Å². The minimum absolute atomic E-state index is 0.0516. The highest BCUT2D eigenvalue weighted by molar-refractivity contribution is 6.32. The van der Waals surface area contributed by atoms with Crippen molar-refractivity contribution in [2.75, 3.05) is 6.61 Å². The molecule has 0 bridgehead atoms. The second-order valence-electron chi connectivity index (χ2n) is 10.9. The molecule has 0 amide bonds. The lowest BCUT2D eigenvalue weighted by molar-refractivity contribution is -0.137. The van der Waals surface area contributed by atoms with Gasteiger partial charge in [0.2, 0.25) is 0 Å². The van der Waals surface area contributed by atoms with Crippen LogP contribution in [-0.4, -0.2) is 37.0 Å². The number of aromatic nitrogens is 4. The smallest absolute Gasteiger partial charge is 0.305 e. The summed E-state index contributed by atoms with van der Waals surface area (Å²) in [6, 6.07) is 14.3. The van der Waals surface area contributed by atoms with Crippen molar-refractivity contribution in [2.24, 2.45) is 0 Å². The van der Waals surface area contributed by atoms with Crippen molar-refractivity contribution in [1.82, 2.24) is 19.3 Å². The molecule has 1 N–H and O–H groups in total. The van der Waals surface area contributed by atoms with Gasteiger partial charge in [-0.3, -0.25) is 14.5 Å². The Morgan fingerprint density at radius 1 is 1.00 bits per heavy atom. The SMILES string of the molecule is Cc1cc(OCCCc2c(C)n(CCC(=O)O)c3c(-c4c(C)nn(Cc5ccncc5)c4C)cccc23)cc(C)c1Cl. The number of hydrogen-bond acceptors (Lipinski definition) is 4. The van der Waals surface area contributed by atoms with Crippen molar-refractivity contribution in [2.45, 2.75) is 67.0 Å². The fourth-order valence-corrected chi connectivity index (χ4v) is 6.05. The highest BCUT2D eigenvalue weighted by atomic mass is 35.5. The molecule has 3 heterocycles. The number of ether oxygens (including phenoxy) is 1. The number of carbonyl (C=O) groups is 1. The van der Waals surface area contributed by atoms with Gasteiger partial charge in [-0.25, -0.2) is 0 Å². The molecular weight excluding hydrogens is 548 g/mol. The summed E-state index contributed by atoms with van der Waals surface area (Å²) in [6.07, 6.45) is 5.29. The lowest BCUT2D eigenvalue weighted by Gasteiger charge is -2.12. The van der Waals surface area contributed by atoms with Gasteiger partial charge >= 0.3 is 5.97 Å². The van der Waals surface area contributed by atoms with Gasteiger partial charge in [-0.05, 0) is 94.0 Å². The molecule has 5 rings (SSSR count). The summed E-state index contributed by atoms with van der Waals surface area (Å²) in [7, 11) is 0. The summed E-state index contributed by atoms with van der Waals surface area (Å²) >= 11 is 6.32. The number of halogens is 1. The molecule has 5 aromatic rings. The molecule has 0 saturated heterocycles. The van der Waals surface area contributed by atoms with E-state index in [1.54, 1.807) is 12.4 Å². The van der Waals surface area contributed by atoms with Gasteiger partial charge in [0.25, 0.3) is 0 Å². The Balaban J connectivity index is 1.49. The van der Waals surface area contributed by atoms with E-state index in [1.807, 2.05) is 49.7 Å². The molecule has 218 valence electrons. The number of carboxylic acid groups (broad SMARTS) is 1. The number of hydrogen-bond donors (Lipinski definition) is 1. The Morgan fingerprint density at radius 2 is 1.71 bits per heavy atom. The first-order valence-electron chi connectivity index (χ1n) is 14.3. The first kappa shape index (κ1) is 29.4. The molecular formula is C34H37ClN4O3. The second kappa shape index (κ2) is 12.4. The molecule has 2 aromatic carbocycles. The van der Waals surface area contributed by atoms with Gasteiger partial charge < -0.3 is 14.4 Å². The number of para-hydroxylation sites is 1. The van der Waals surface area contributed by atoms with E-state index < -0.39 is 5.97 Å². The largest absolute Gasteiger partial charge is 0.494 e. The topological polar surface area (TPSA) is 82.2 Å². The highest BCUT2D eigenvalue weighted by Crippen LogP contribution is 2.38. The first-order valence-corrected chi connectivity index (χ1v) is 14.7. The zero-order chi connectivity index (χ0) is 30.0. The second-order valence-corrected chi connectivity index (χ2v) is 11.3. The molecule has 0 fully saturated rings. The van der Waals surface area contributed by atoms with Gasteiger partial charge in [0.15, 0.2) is 0 Å². The standard InChI is InChI=1S/C34H37ClN4O3/c1-21-18-27(19-22(2)33(21)35)42-17-7-10-28-24(4)38(16-13-31(40)41)34-29(28)8-6-9-30(34)32-23(3)37-39(25(32)5)20-26-11-14-36-15-12-26/h6,8-9,11-12,14-15,18-19H,7,10,13,16-17,20H2,1-5H3,(H,40,41). The molecule has 0 spiro atoms. The maximum Gasteiger partial charge on any atom is 0.305 e. The third-order valence-electron chi connectivity index (χ3n) is 8.00. The van der Waals surface area contributed by atoms with Gasteiger partial charge in [0.05, 0.1) is 30.8 Å². The Labute approximate surface area is 251 Å². The van der Waals surface area contributed by atoms with Crippen LogP contribution in [0.4, 0.5) is 0 Å². The molecule has 0 saturated carbocycles. The van der Waals surface area contributed by atoms with Crippen molar-refractivity contribution in [3.8, 4) is 16.9 Å². The predicted octanol–water partition coefficient (Wildman–Crippen LogP) is 7.63. The van der Waals surface area contributed by atoms with Gasteiger partial charge in [0.1, 0.15) is 5.75 Å². The van der Waals surface area contributed by atoms with E-state index in [2.05, 4.69) is 41.6 Å². The van der Waals surface area contributed by atoms with Gasteiger partial charge in [0, 0.05) is 51.9 Å². The van der Waals surface area contributed by atoms with Crippen LogP contribution >= 0.6 is 11.6 Å². The summed E-state index contributed by atoms with van der Waals surface area (Å²) in [5.41, 5.74) is 10.7. The predicted molar refractivity (Wildman–Crippen MR) is 168 cm³/mol. The van der Waals surface area contributed by atoms with Crippen molar-refractivity contribution in [3.05, 3.63) is 99.2 Å². The fraction of sp³-hybridized carbons (Fsp3) is 0.324. The van der Waals surface area contributed by atoms with Gasteiger partial charge in [-0.2, -0.15) is 5.10 Å². The summed E-state index contributed by atoms with van der Waals surface area (Å²) in [5, 5.41) is 16.4. The van der Waals surface area contributed by atoms with E-state index in [-0.39, 0.29) is 6.42 Å². The lowest BCUT2D eigenvalue weighted by Crippen LogP contribution is -2.07. The van der Waals surface area contributed by atoms with Crippen LogP contribution in [0.3, 0.4) is 0 Å². The van der Waals surface area contributed by atoms with Crippen LogP contribution in [0.15, 0.2) is 54.9 Å². The van der Waals surface area contributed by atoms with E-state index in [0.717, 1.165) is 79.4 Å². The van der Waals surface area contributed by atoms with E-state index in [0.29, 0.717) is 19.7 Å². The van der Waals surface area contributed by atoms with Crippen LogP contribution in [0.5, 0.6) is 5.75 Å². The molecule has 0 aliphatic carbocycles. The minimum Gasteiger partial charge on any atom is -0.494 e. The number of aryl methyl sites for hydroxylation is 5. The zero-order valence-corrected chi connectivity index (χ0v) is 25.6. The van der Waals surface area contributed by atoms with Crippen LogP contribution in [-0.2, 0) is 24.3 Å². The Kier molecular flexibility index (Phi) is 8.69. The van der Waals surface area contributed by atoms with E-state index in [1.165, 1.54) is 5.56 Å². The number of rotatable bonds is 11. The molecule has 0 radical (unpaired) electrons.